The number of hydrogen-bond acceptors (Lipinski definition) is 4. The molecule has 28 heavy (non-hydrogen) atoms. The molecule has 1 saturated heterocycles. The number of rotatable bonds is 6. The summed E-state index contributed by atoms with van der Waals surface area (Å²) < 4.78 is 40.3. The Balaban J connectivity index is 1.50. The number of piperidine rings is 1. The van der Waals surface area contributed by atoms with E-state index >= 15 is 0 Å². The van der Waals surface area contributed by atoms with Gasteiger partial charge in [0, 0.05) is 25.6 Å². The van der Waals surface area contributed by atoms with Gasteiger partial charge in [0.05, 0.1) is 0 Å². The zero-order chi connectivity index (χ0) is 20.1. The van der Waals surface area contributed by atoms with Crippen molar-refractivity contribution >= 4 is 15.9 Å². The van der Waals surface area contributed by atoms with Crippen molar-refractivity contribution in [1.29, 1.82) is 0 Å². The van der Waals surface area contributed by atoms with Crippen LogP contribution < -0.4 is 5.32 Å². The van der Waals surface area contributed by atoms with Gasteiger partial charge in [-0.2, -0.15) is 4.31 Å². The highest BCUT2D eigenvalue weighted by molar-refractivity contribution is 7.89. The van der Waals surface area contributed by atoms with Gasteiger partial charge in [0.1, 0.15) is 16.5 Å². The number of benzene rings is 2. The van der Waals surface area contributed by atoms with Gasteiger partial charge in [-0.1, -0.05) is 24.3 Å². The maximum atomic E-state index is 13.9. The molecule has 2 aromatic rings. The van der Waals surface area contributed by atoms with E-state index in [2.05, 4.69) is 5.32 Å². The van der Waals surface area contributed by atoms with Crippen molar-refractivity contribution in [3.63, 3.8) is 0 Å². The van der Waals surface area contributed by atoms with Gasteiger partial charge in [-0.3, -0.25) is 4.79 Å². The quantitative estimate of drug-likeness (QED) is 0.771. The summed E-state index contributed by atoms with van der Waals surface area (Å²) in [6.07, 6.45) is 1.39. The molecule has 1 aliphatic rings. The molecule has 1 heterocycles. The van der Waals surface area contributed by atoms with E-state index in [1.54, 1.807) is 18.2 Å². The van der Waals surface area contributed by atoms with Crippen molar-refractivity contribution in [3.8, 4) is 5.75 Å². The Bertz CT molecular complexity index is 941. The Morgan fingerprint density at radius 1 is 1.14 bits per heavy atom. The van der Waals surface area contributed by atoms with Crippen LogP contribution in [-0.4, -0.2) is 43.4 Å². The van der Waals surface area contributed by atoms with Crippen molar-refractivity contribution in [1.82, 2.24) is 9.62 Å². The number of carbonyl (C=O) groups excluding carboxylic acids is 1. The van der Waals surface area contributed by atoms with E-state index in [0.717, 1.165) is 11.6 Å². The zero-order valence-corrected chi connectivity index (χ0v) is 16.2. The molecule has 0 bridgehead atoms. The lowest BCUT2D eigenvalue weighted by Crippen LogP contribution is -2.43. The van der Waals surface area contributed by atoms with Gasteiger partial charge in [0.15, 0.2) is 0 Å². The molecule has 8 heteroatoms. The number of phenolic OH excluding ortho intramolecular Hbond substituents is 1. The second-order valence-electron chi connectivity index (χ2n) is 6.82. The first-order valence-electron chi connectivity index (χ1n) is 9.18. The maximum absolute atomic E-state index is 13.9. The summed E-state index contributed by atoms with van der Waals surface area (Å²) in [6, 6.07) is 12.2. The number of aromatic hydroxyl groups is 1. The normalized spacial score (nSPS) is 16.0. The summed E-state index contributed by atoms with van der Waals surface area (Å²) in [7, 11) is -3.90. The van der Waals surface area contributed by atoms with Crippen molar-refractivity contribution in [2.24, 2.45) is 5.92 Å². The number of sulfonamides is 1. The molecule has 0 atom stereocenters. The third-order valence-corrected chi connectivity index (χ3v) is 6.83. The second-order valence-corrected chi connectivity index (χ2v) is 8.73. The minimum atomic E-state index is -3.90. The van der Waals surface area contributed by atoms with Gasteiger partial charge < -0.3 is 10.4 Å². The maximum Gasteiger partial charge on any atom is 0.245 e. The van der Waals surface area contributed by atoms with Gasteiger partial charge in [-0.15, -0.1) is 0 Å². The van der Waals surface area contributed by atoms with Crippen molar-refractivity contribution in [3.05, 3.63) is 59.9 Å². The van der Waals surface area contributed by atoms with Crippen LogP contribution in [0.15, 0.2) is 53.4 Å². The van der Waals surface area contributed by atoms with Crippen LogP contribution in [0.3, 0.4) is 0 Å². The first-order chi connectivity index (χ1) is 13.4. The smallest absolute Gasteiger partial charge is 0.245 e. The molecule has 0 radical (unpaired) electrons. The summed E-state index contributed by atoms with van der Waals surface area (Å²) in [5, 5.41) is 12.3. The van der Waals surface area contributed by atoms with Crippen molar-refractivity contribution in [2.75, 3.05) is 19.6 Å². The number of carbonyl (C=O) groups is 1. The molecule has 6 nitrogen and oxygen atoms in total. The molecule has 2 aromatic carbocycles. The molecular formula is C20H23FN2O4S. The van der Waals surface area contributed by atoms with Crippen molar-refractivity contribution in [2.45, 2.75) is 24.2 Å². The molecule has 150 valence electrons. The predicted molar refractivity (Wildman–Crippen MR) is 103 cm³/mol. The van der Waals surface area contributed by atoms with E-state index in [1.807, 2.05) is 6.07 Å². The lowest BCUT2D eigenvalue weighted by Gasteiger charge is -2.30. The van der Waals surface area contributed by atoms with Crippen LogP contribution in [0.1, 0.15) is 18.4 Å². The summed E-state index contributed by atoms with van der Waals surface area (Å²) in [4.78, 5) is 12.0. The SMILES string of the molecule is O=C(NCCc1cccc(O)c1)C1CCN(S(=O)(=O)c2ccccc2F)CC1. The third-order valence-electron chi connectivity index (χ3n) is 4.90. The van der Waals surface area contributed by atoms with Crippen LogP contribution in [0.4, 0.5) is 4.39 Å². The number of halogens is 1. The molecule has 0 unspecified atom stereocenters. The Hall–Kier alpha value is -2.45. The van der Waals surface area contributed by atoms with E-state index in [4.69, 9.17) is 0 Å². The van der Waals surface area contributed by atoms with Crippen LogP contribution in [0, 0.1) is 11.7 Å². The monoisotopic (exact) mass is 406 g/mol. The summed E-state index contributed by atoms with van der Waals surface area (Å²) >= 11 is 0. The molecule has 3 rings (SSSR count). The highest BCUT2D eigenvalue weighted by Gasteiger charge is 2.33. The Morgan fingerprint density at radius 2 is 1.86 bits per heavy atom. The molecule has 1 amide bonds. The fraction of sp³-hybridized carbons (Fsp3) is 0.350. The molecule has 0 aliphatic carbocycles. The standard InChI is InChI=1S/C20H23FN2O4S/c21-18-6-1-2-7-19(18)28(26,27)23-12-9-16(10-13-23)20(25)22-11-8-15-4-3-5-17(24)14-15/h1-7,14,16,24H,8-13H2,(H,22,25). The van der Waals surface area contributed by atoms with E-state index in [1.165, 1.54) is 22.5 Å². The van der Waals surface area contributed by atoms with Gasteiger partial charge in [0.25, 0.3) is 0 Å². The number of amides is 1. The lowest BCUT2D eigenvalue weighted by atomic mass is 9.97. The molecule has 1 fully saturated rings. The Labute approximate surface area is 164 Å². The number of phenols is 1. The largest absolute Gasteiger partial charge is 0.508 e. The van der Waals surface area contributed by atoms with Gasteiger partial charge in [-0.05, 0) is 49.1 Å². The zero-order valence-electron chi connectivity index (χ0n) is 15.3. The highest BCUT2D eigenvalue weighted by Crippen LogP contribution is 2.25. The second kappa shape index (κ2) is 8.70. The van der Waals surface area contributed by atoms with Crippen LogP contribution in [0.25, 0.3) is 0 Å². The van der Waals surface area contributed by atoms with Crippen LogP contribution in [-0.2, 0) is 21.2 Å². The molecule has 0 saturated carbocycles. The van der Waals surface area contributed by atoms with Crippen LogP contribution >= 0.6 is 0 Å². The molecule has 0 spiro atoms. The number of nitrogens with one attached hydrogen (secondary N) is 1. The van der Waals surface area contributed by atoms with E-state index < -0.39 is 15.8 Å². The number of nitrogens with zero attached hydrogens (tertiary/aromatic N) is 1. The Kier molecular flexibility index (Phi) is 6.31. The highest BCUT2D eigenvalue weighted by atomic mass is 32.2. The molecule has 2 N–H and O–H groups in total. The molecule has 1 aliphatic heterocycles. The Morgan fingerprint density at radius 3 is 2.54 bits per heavy atom. The van der Waals surface area contributed by atoms with Gasteiger partial charge in [-0.25, -0.2) is 12.8 Å². The van der Waals surface area contributed by atoms with Crippen LogP contribution in [0.2, 0.25) is 0 Å². The average molecular weight is 406 g/mol. The van der Waals surface area contributed by atoms with Crippen molar-refractivity contribution < 1.29 is 22.7 Å². The van der Waals surface area contributed by atoms with E-state index in [0.29, 0.717) is 25.8 Å². The first kappa shape index (κ1) is 20.3. The minimum Gasteiger partial charge on any atom is -0.508 e. The third kappa shape index (κ3) is 4.69. The summed E-state index contributed by atoms with van der Waals surface area (Å²) in [5.74, 6) is -0.957. The van der Waals surface area contributed by atoms with E-state index in [9.17, 15) is 22.7 Å². The fourth-order valence-corrected chi connectivity index (χ4v) is 4.87. The minimum absolute atomic E-state index is 0.108. The topological polar surface area (TPSA) is 86.7 Å². The van der Waals surface area contributed by atoms with Gasteiger partial charge >= 0.3 is 0 Å². The van der Waals surface area contributed by atoms with Crippen LogP contribution in [0.5, 0.6) is 5.75 Å². The summed E-state index contributed by atoms with van der Waals surface area (Å²) in [5.41, 5.74) is 0.922. The first-order valence-corrected chi connectivity index (χ1v) is 10.6. The fourth-order valence-electron chi connectivity index (χ4n) is 3.34. The predicted octanol–water partition coefficient (Wildman–Crippen LogP) is 2.29. The van der Waals surface area contributed by atoms with Gasteiger partial charge in [0.2, 0.25) is 15.9 Å². The number of hydrogen-bond donors (Lipinski definition) is 2. The van der Waals surface area contributed by atoms with E-state index in [-0.39, 0.29) is 35.6 Å². The lowest BCUT2D eigenvalue weighted by molar-refractivity contribution is -0.126. The summed E-state index contributed by atoms with van der Waals surface area (Å²) in [6.45, 7) is 0.804. The molecule has 0 aromatic heterocycles. The molecular weight excluding hydrogens is 383 g/mol. The average Bonchev–Trinajstić information content (AvgIpc) is 2.68.